The third kappa shape index (κ3) is 5.15. The first kappa shape index (κ1) is 19.5. The highest BCUT2D eigenvalue weighted by molar-refractivity contribution is 6.31. The Morgan fingerprint density at radius 2 is 2.00 bits per heavy atom. The van der Waals surface area contributed by atoms with Gasteiger partial charge >= 0.3 is 0 Å². The normalized spacial score (nSPS) is 14.1. The van der Waals surface area contributed by atoms with E-state index in [1.54, 1.807) is 6.07 Å². The molecule has 1 fully saturated rings. The van der Waals surface area contributed by atoms with Crippen LogP contribution in [0, 0.1) is 13.8 Å². The molecule has 1 heterocycles. The summed E-state index contributed by atoms with van der Waals surface area (Å²) in [4.78, 5) is 14.6. The van der Waals surface area contributed by atoms with Crippen LogP contribution in [-0.2, 0) is 9.53 Å². The number of amides is 1. The maximum Gasteiger partial charge on any atom is 0.227 e. The minimum absolute atomic E-state index is 0.0999. The van der Waals surface area contributed by atoms with E-state index in [9.17, 15) is 4.79 Å². The van der Waals surface area contributed by atoms with E-state index < -0.39 is 0 Å². The second kappa shape index (κ2) is 9.11. The third-order valence-electron chi connectivity index (χ3n) is 4.73. The van der Waals surface area contributed by atoms with Crippen LogP contribution in [0.3, 0.4) is 0 Å². The molecule has 2 aromatic carbocycles. The van der Waals surface area contributed by atoms with Gasteiger partial charge in [-0.3, -0.25) is 4.79 Å². The third-order valence-corrected chi connectivity index (χ3v) is 4.96. The van der Waals surface area contributed by atoms with Crippen molar-refractivity contribution >= 4 is 28.9 Å². The van der Waals surface area contributed by atoms with Crippen molar-refractivity contribution in [2.75, 3.05) is 43.1 Å². The van der Waals surface area contributed by atoms with Crippen molar-refractivity contribution < 1.29 is 14.3 Å². The fraction of sp³-hybridized carbons (Fsp3) is 0.381. The lowest BCUT2D eigenvalue weighted by atomic mass is 10.1. The molecular weight excluding hydrogens is 364 g/mol. The molecule has 1 aliphatic rings. The molecule has 27 heavy (non-hydrogen) atoms. The van der Waals surface area contributed by atoms with E-state index in [0.29, 0.717) is 24.8 Å². The maximum absolute atomic E-state index is 12.4. The van der Waals surface area contributed by atoms with Gasteiger partial charge in [-0.05, 0) is 49.2 Å². The van der Waals surface area contributed by atoms with Crippen LogP contribution in [0.2, 0.25) is 5.02 Å². The van der Waals surface area contributed by atoms with Crippen LogP contribution in [-0.4, -0.2) is 38.8 Å². The highest BCUT2D eigenvalue weighted by atomic mass is 35.5. The van der Waals surface area contributed by atoms with Crippen LogP contribution in [0.15, 0.2) is 36.4 Å². The number of carbonyl (C=O) groups excluding carboxylic acids is 1. The van der Waals surface area contributed by atoms with Gasteiger partial charge in [-0.2, -0.15) is 0 Å². The Kier molecular flexibility index (Phi) is 6.58. The summed E-state index contributed by atoms with van der Waals surface area (Å²) in [6.45, 7) is 7.33. The molecule has 144 valence electrons. The van der Waals surface area contributed by atoms with Crippen LogP contribution in [0.4, 0.5) is 11.4 Å². The average molecular weight is 389 g/mol. The van der Waals surface area contributed by atoms with E-state index in [2.05, 4.69) is 10.2 Å². The molecule has 1 aliphatic heterocycles. The maximum atomic E-state index is 12.4. The predicted molar refractivity (Wildman–Crippen MR) is 109 cm³/mol. The van der Waals surface area contributed by atoms with Crippen LogP contribution >= 0.6 is 11.6 Å². The number of aryl methyl sites for hydroxylation is 1. The van der Waals surface area contributed by atoms with E-state index in [1.165, 1.54) is 5.56 Å². The first-order valence-electron chi connectivity index (χ1n) is 9.15. The van der Waals surface area contributed by atoms with Gasteiger partial charge in [-0.1, -0.05) is 23.7 Å². The van der Waals surface area contributed by atoms with Crippen molar-refractivity contribution in [3.63, 3.8) is 0 Å². The highest BCUT2D eigenvalue weighted by Crippen LogP contribution is 2.30. The highest BCUT2D eigenvalue weighted by Gasteiger charge is 2.16. The van der Waals surface area contributed by atoms with Crippen molar-refractivity contribution in [2.45, 2.75) is 20.3 Å². The minimum Gasteiger partial charge on any atom is -0.493 e. The van der Waals surface area contributed by atoms with Gasteiger partial charge in [0, 0.05) is 18.1 Å². The first-order valence-corrected chi connectivity index (χ1v) is 9.53. The molecule has 0 saturated carbocycles. The fourth-order valence-electron chi connectivity index (χ4n) is 3.04. The summed E-state index contributed by atoms with van der Waals surface area (Å²) in [5, 5.41) is 3.57. The summed E-state index contributed by atoms with van der Waals surface area (Å²) >= 11 is 6.14. The number of anilines is 2. The predicted octanol–water partition coefficient (Wildman–Crippen LogP) is 4.20. The Morgan fingerprint density at radius 1 is 1.22 bits per heavy atom. The molecule has 1 amide bonds. The van der Waals surface area contributed by atoms with Crippen molar-refractivity contribution in [3.8, 4) is 5.75 Å². The molecule has 6 heteroatoms. The summed E-state index contributed by atoms with van der Waals surface area (Å²) < 4.78 is 11.2. The number of hydrogen-bond acceptors (Lipinski definition) is 4. The van der Waals surface area contributed by atoms with Crippen molar-refractivity contribution in [1.82, 2.24) is 0 Å². The van der Waals surface area contributed by atoms with Crippen molar-refractivity contribution in [1.29, 1.82) is 0 Å². The monoisotopic (exact) mass is 388 g/mol. The lowest BCUT2D eigenvalue weighted by Gasteiger charge is -2.30. The number of carbonyl (C=O) groups is 1. The molecule has 1 N–H and O–H groups in total. The van der Waals surface area contributed by atoms with Gasteiger partial charge in [0.15, 0.2) is 0 Å². The Hall–Kier alpha value is -2.24. The van der Waals surface area contributed by atoms with Crippen molar-refractivity contribution in [3.05, 3.63) is 52.5 Å². The molecular formula is C21H25ClN2O3. The molecule has 5 nitrogen and oxygen atoms in total. The summed E-state index contributed by atoms with van der Waals surface area (Å²) in [6.07, 6.45) is 0.266. The molecule has 0 radical (unpaired) electrons. The number of halogens is 1. The summed E-state index contributed by atoms with van der Waals surface area (Å²) in [5.74, 6) is 0.719. The number of benzene rings is 2. The zero-order chi connectivity index (χ0) is 19.2. The minimum atomic E-state index is -0.0999. The number of morpholine rings is 1. The molecule has 0 aromatic heterocycles. The van der Waals surface area contributed by atoms with E-state index in [1.807, 2.05) is 44.2 Å². The molecule has 2 aromatic rings. The van der Waals surface area contributed by atoms with E-state index in [-0.39, 0.29) is 12.3 Å². The second-order valence-electron chi connectivity index (χ2n) is 6.61. The Morgan fingerprint density at radius 3 is 2.78 bits per heavy atom. The van der Waals surface area contributed by atoms with Gasteiger partial charge in [0.1, 0.15) is 5.75 Å². The molecule has 1 saturated heterocycles. The van der Waals surface area contributed by atoms with Gasteiger partial charge < -0.3 is 19.7 Å². The molecule has 0 spiro atoms. The van der Waals surface area contributed by atoms with E-state index >= 15 is 0 Å². The van der Waals surface area contributed by atoms with Gasteiger partial charge in [0.2, 0.25) is 5.91 Å². The second-order valence-corrected chi connectivity index (χ2v) is 7.04. The first-order chi connectivity index (χ1) is 13.0. The number of nitrogens with zero attached hydrogens (tertiary/aromatic N) is 1. The summed E-state index contributed by atoms with van der Waals surface area (Å²) in [5.41, 5.74) is 3.96. The number of ether oxygens (including phenoxy) is 2. The average Bonchev–Trinajstić information content (AvgIpc) is 2.66. The fourth-order valence-corrected chi connectivity index (χ4v) is 3.21. The zero-order valence-corrected chi connectivity index (χ0v) is 16.5. The van der Waals surface area contributed by atoms with E-state index in [4.69, 9.17) is 21.1 Å². The van der Waals surface area contributed by atoms with Crippen molar-refractivity contribution in [2.24, 2.45) is 0 Å². The van der Waals surface area contributed by atoms with Crippen LogP contribution in [0.5, 0.6) is 5.75 Å². The molecule has 0 aliphatic carbocycles. The quantitative estimate of drug-likeness (QED) is 0.805. The zero-order valence-electron chi connectivity index (χ0n) is 15.8. The molecule has 3 rings (SSSR count). The van der Waals surface area contributed by atoms with Crippen LogP contribution < -0.4 is 15.0 Å². The Labute approximate surface area is 165 Å². The van der Waals surface area contributed by atoms with Gasteiger partial charge in [0.05, 0.1) is 37.6 Å². The smallest absolute Gasteiger partial charge is 0.227 e. The standard InChI is InChI=1S/C21H25ClN2O3/c1-15-4-3-5-20(16(15)2)27-11-8-21(25)23-18-14-17(22)6-7-19(18)24-9-12-26-13-10-24/h3-7,14H,8-13H2,1-2H3,(H,23,25). The lowest BCUT2D eigenvalue weighted by Crippen LogP contribution is -2.36. The molecule has 0 unspecified atom stereocenters. The van der Waals surface area contributed by atoms with Gasteiger partial charge in [-0.25, -0.2) is 0 Å². The largest absolute Gasteiger partial charge is 0.493 e. The summed E-state index contributed by atoms with van der Waals surface area (Å²) in [6, 6.07) is 11.5. The molecule has 0 bridgehead atoms. The Balaban J connectivity index is 1.60. The number of rotatable bonds is 6. The van der Waals surface area contributed by atoms with Crippen LogP contribution in [0.1, 0.15) is 17.5 Å². The topological polar surface area (TPSA) is 50.8 Å². The number of nitrogens with one attached hydrogen (secondary N) is 1. The van der Waals surface area contributed by atoms with Gasteiger partial charge in [0.25, 0.3) is 0 Å². The van der Waals surface area contributed by atoms with E-state index in [0.717, 1.165) is 35.8 Å². The Bertz CT molecular complexity index is 804. The van der Waals surface area contributed by atoms with Gasteiger partial charge in [-0.15, -0.1) is 0 Å². The summed E-state index contributed by atoms with van der Waals surface area (Å²) in [7, 11) is 0. The SMILES string of the molecule is Cc1cccc(OCCC(=O)Nc2cc(Cl)ccc2N2CCOCC2)c1C. The molecule has 0 atom stereocenters. The number of hydrogen-bond donors (Lipinski definition) is 1. The van der Waals surface area contributed by atoms with Crippen LogP contribution in [0.25, 0.3) is 0 Å². The lowest BCUT2D eigenvalue weighted by molar-refractivity contribution is -0.116.